The largest absolute Gasteiger partial charge is 0.485 e. The maximum absolute atomic E-state index is 12.5. The number of nitrogens with one attached hydrogen (secondary N) is 1. The first-order chi connectivity index (χ1) is 16.3. The van der Waals surface area contributed by atoms with Crippen LogP contribution in [0.4, 0.5) is 5.13 Å². The number of halogens is 2. The lowest BCUT2D eigenvalue weighted by atomic mass is 10.1. The number of thiazole rings is 1. The van der Waals surface area contributed by atoms with Crippen LogP contribution in [0.3, 0.4) is 0 Å². The van der Waals surface area contributed by atoms with Crippen LogP contribution in [0.1, 0.15) is 17.0 Å². The van der Waals surface area contributed by atoms with Gasteiger partial charge in [-0.25, -0.2) is 4.98 Å². The number of carbonyl (C=O) groups is 1. The predicted molar refractivity (Wildman–Crippen MR) is 138 cm³/mol. The number of rotatable bonds is 8. The highest BCUT2D eigenvalue weighted by Crippen LogP contribution is 2.32. The van der Waals surface area contributed by atoms with E-state index < -0.39 is 0 Å². The number of hydrogen-bond donors (Lipinski definition) is 1. The average molecular weight is 534 g/mol. The molecule has 0 unspecified atom stereocenters. The fraction of sp³-hybridized carbons (Fsp3) is 0.217. The van der Waals surface area contributed by atoms with Crippen molar-refractivity contribution in [2.75, 3.05) is 11.1 Å². The molecule has 34 heavy (non-hydrogen) atoms. The summed E-state index contributed by atoms with van der Waals surface area (Å²) in [4.78, 5) is 16.9. The van der Waals surface area contributed by atoms with Gasteiger partial charge in [0.2, 0.25) is 5.91 Å². The van der Waals surface area contributed by atoms with Gasteiger partial charge in [-0.15, -0.1) is 21.5 Å². The molecule has 1 N–H and O–H groups in total. The summed E-state index contributed by atoms with van der Waals surface area (Å²) in [5.41, 5.74) is 3.70. The molecule has 0 spiro atoms. The van der Waals surface area contributed by atoms with Crippen molar-refractivity contribution < 1.29 is 9.53 Å². The summed E-state index contributed by atoms with van der Waals surface area (Å²) in [7, 11) is 1.85. The average Bonchev–Trinajstić information content (AvgIpc) is 3.40. The van der Waals surface area contributed by atoms with Gasteiger partial charge >= 0.3 is 0 Å². The molecule has 0 atom stereocenters. The number of nitrogens with zero attached hydrogens (tertiary/aromatic N) is 4. The van der Waals surface area contributed by atoms with Gasteiger partial charge in [0.1, 0.15) is 12.4 Å². The van der Waals surface area contributed by atoms with Crippen LogP contribution in [0, 0.1) is 13.8 Å². The number of ether oxygens (including phenoxy) is 1. The first kappa shape index (κ1) is 24.5. The third kappa shape index (κ3) is 5.72. The van der Waals surface area contributed by atoms with Crippen LogP contribution in [0.15, 0.2) is 46.9 Å². The van der Waals surface area contributed by atoms with Crippen LogP contribution in [-0.4, -0.2) is 31.4 Å². The molecular weight excluding hydrogens is 513 g/mol. The minimum Gasteiger partial charge on any atom is -0.485 e. The minimum absolute atomic E-state index is 0.167. The smallest absolute Gasteiger partial charge is 0.236 e. The number of carbonyl (C=O) groups excluding carboxylic acids is 1. The minimum atomic E-state index is -0.190. The van der Waals surface area contributed by atoms with Crippen molar-refractivity contribution in [3.63, 3.8) is 0 Å². The van der Waals surface area contributed by atoms with Gasteiger partial charge < -0.3 is 14.6 Å². The van der Waals surface area contributed by atoms with Gasteiger partial charge in [0.05, 0.1) is 16.5 Å². The number of anilines is 1. The summed E-state index contributed by atoms with van der Waals surface area (Å²) >= 11 is 14.8. The number of thioether (sulfide) groups is 1. The lowest BCUT2D eigenvalue weighted by Gasteiger charge is -2.10. The van der Waals surface area contributed by atoms with Crippen LogP contribution in [0.25, 0.3) is 11.3 Å². The molecular formula is C23H21Cl2N5O2S2. The normalized spacial score (nSPS) is 11.0. The lowest BCUT2D eigenvalue weighted by Crippen LogP contribution is -2.14. The van der Waals surface area contributed by atoms with Crippen molar-refractivity contribution >= 4 is 57.3 Å². The monoisotopic (exact) mass is 533 g/mol. The zero-order chi connectivity index (χ0) is 24.2. The molecule has 7 nitrogen and oxygen atoms in total. The van der Waals surface area contributed by atoms with E-state index in [1.807, 2.05) is 49.0 Å². The van der Waals surface area contributed by atoms with Crippen LogP contribution in [0.2, 0.25) is 10.0 Å². The Kier molecular flexibility index (Phi) is 7.77. The molecule has 2 aromatic heterocycles. The Balaban J connectivity index is 1.32. The molecule has 0 fully saturated rings. The summed E-state index contributed by atoms with van der Waals surface area (Å²) in [5.74, 6) is 1.47. The second kappa shape index (κ2) is 10.8. The second-order valence-electron chi connectivity index (χ2n) is 7.44. The summed E-state index contributed by atoms with van der Waals surface area (Å²) in [6.45, 7) is 4.36. The van der Waals surface area contributed by atoms with Gasteiger partial charge in [-0.2, -0.15) is 0 Å². The zero-order valence-electron chi connectivity index (χ0n) is 18.6. The highest BCUT2D eigenvalue weighted by atomic mass is 35.5. The van der Waals surface area contributed by atoms with E-state index in [0.717, 1.165) is 16.9 Å². The molecule has 0 aliphatic rings. The summed E-state index contributed by atoms with van der Waals surface area (Å²) in [6, 6.07) is 11.2. The Morgan fingerprint density at radius 3 is 2.82 bits per heavy atom. The molecule has 0 aliphatic heterocycles. The summed E-state index contributed by atoms with van der Waals surface area (Å²) in [5, 5.41) is 15.2. The van der Waals surface area contributed by atoms with Gasteiger partial charge in [0, 0.05) is 23.0 Å². The van der Waals surface area contributed by atoms with Gasteiger partial charge in [-0.05, 0) is 49.2 Å². The van der Waals surface area contributed by atoms with Gasteiger partial charge in [-0.3, -0.25) is 4.79 Å². The first-order valence-corrected chi connectivity index (χ1v) is 12.8. The Morgan fingerprint density at radius 2 is 2.03 bits per heavy atom. The molecule has 4 rings (SSSR count). The van der Waals surface area contributed by atoms with E-state index in [0.29, 0.717) is 31.9 Å². The van der Waals surface area contributed by atoms with Crippen LogP contribution in [-0.2, 0) is 18.4 Å². The predicted octanol–water partition coefficient (Wildman–Crippen LogP) is 6.17. The molecule has 176 valence electrons. The molecule has 2 aromatic carbocycles. The van der Waals surface area contributed by atoms with Crippen molar-refractivity contribution in [1.82, 2.24) is 19.7 Å². The quantitative estimate of drug-likeness (QED) is 0.272. The maximum Gasteiger partial charge on any atom is 0.236 e. The van der Waals surface area contributed by atoms with E-state index in [1.54, 1.807) is 18.2 Å². The Bertz CT molecular complexity index is 1340. The van der Waals surface area contributed by atoms with Gasteiger partial charge in [0.15, 0.2) is 16.1 Å². The van der Waals surface area contributed by atoms with Gasteiger partial charge in [-0.1, -0.05) is 47.1 Å². The summed E-state index contributed by atoms with van der Waals surface area (Å²) in [6.07, 6.45) is 0. The number of aryl methyl sites for hydroxylation is 1. The third-order valence-electron chi connectivity index (χ3n) is 5.13. The van der Waals surface area contributed by atoms with Crippen molar-refractivity contribution in [2.24, 2.45) is 7.05 Å². The second-order valence-corrected chi connectivity index (χ2v) is 10.1. The SMILES string of the molecule is Cc1cccc(OCc2nnc(SCC(=O)Nc3nc(-c4ccc(Cl)cc4Cl)cs3)n2C)c1C. The Hall–Kier alpha value is -2.59. The molecule has 2 heterocycles. The van der Waals surface area contributed by atoms with E-state index in [2.05, 4.69) is 20.5 Å². The summed E-state index contributed by atoms with van der Waals surface area (Å²) < 4.78 is 7.75. The molecule has 0 saturated carbocycles. The third-order valence-corrected chi connectivity index (χ3v) is 7.45. The van der Waals surface area contributed by atoms with Gasteiger partial charge in [0.25, 0.3) is 0 Å². The van der Waals surface area contributed by atoms with Crippen LogP contribution in [0.5, 0.6) is 5.75 Å². The van der Waals surface area contributed by atoms with Crippen molar-refractivity contribution in [2.45, 2.75) is 25.6 Å². The topological polar surface area (TPSA) is 81.9 Å². The zero-order valence-corrected chi connectivity index (χ0v) is 21.8. The van der Waals surface area contributed by atoms with E-state index in [1.165, 1.54) is 28.7 Å². The number of hydrogen-bond acceptors (Lipinski definition) is 7. The molecule has 0 bridgehead atoms. The van der Waals surface area contributed by atoms with E-state index in [9.17, 15) is 4.79 Å². The van der Waals surface area contributed by atoms with E-state index >= 15 is 0 Å². The Labute approximate surface area is 215 Å². The lowest BCUT2D eigenvalue weighted by molar-refractivity contribution is -0.113. The van der Waals surface area contributed by atoms with E-state index in [4.69, 9.17) is 27.9 Å². The fourth-order valence-corrected chi connectivity index (χ4v) is 5.02. The molecule has 0 saturated heterocycles. The molecule has 1 amide bonds. The molecule has 11 heteroatoms. The Morgan fingerprint density at radius 1 is 1.21 bits per heavy atom. The van der Waals surface area contributed by atoms with Crippen molar-refractivity contribution in [3.05, 3.63) is 68.8 Å². The van der Waals surface area contributed by atoms with E-state index in [-0.39, 0.29) is 18.3 Å². The highest BCUT2D eigenvalue weighted by molar-refractivity contribution is 7.99. The number of benzene rings is 2. The molecule has 4 aromatic rings. The fourth-order valence-electron chi connectivity index (χ4n) is 3.06. The van der Waals surface area contributed by atoms with Crippen molar-refractivity contribution in [1.29, 1.82) is 0 Å². The molecule has 0 radical (unpaired) electrons. The standard InChI is InChI=1S/C23H21Cl2N5O2S2/c1-13-5-4-6-19(14(13)2)32-10-20-28-29-23(30(20)3)34-12-21(31)27-22-26-18(11-33-22)16-8-7-15(24)9-17(16)25/h4-9,11H,10,12H2,1-3H3,(H,26,27,31). The maximum atomic E-state index is 12.5. The van der Waals surface area contributed by atoms with Crippen LogP contribution < -0.4 is 10.1 Å². The molecule has 0 aliphatic carbocycles. The van der Waals surface area contributed by atoms with Crippen molar-refractivity contribution in [3.8, 4) is 17.0 Å². The first-order valence-electron chi connectivity index (χ1n) is 10.2. The van der Waals surface area contributed by atoms with Crippen LogP contribution >= 0.6 is 46.3 Å². The highest BCUT2D eigenvalue weighted by Gasteiger charge is 2.15. The number of aromatic nitrogens is 4. The number of amides is 1.